The minimum absolute atomic E-state index is 0.00124. The van der Waals surface area contributed by atoms with Gasteiger partial charge in [-0.05, 0) is 32.3 Å². The van der Waals surface area contributed by atoms with Crippen LogP contribution in [0.3, 0.4) is 0 Å². The Kier molecular flexibility index (Phi) is 5.73. The molecule has 36 heavy (non-hydrogen) atoms. The minimum atomic E-state index is -4.71. The monoisotopic (exact) mass is 496 g/mol. The first-order valence-corrected chi connectivity index (χ1v) is 11.2. The van der Waals surface area contributed by atoms with E-state index in [1.165, 1.54) is 22.9 Å². The minimum Gasteiger partial charge on any atom is -0.390 e. The number of H-pyrrole nitrogens is 1. The van der Waals surface area contributed by atoms with Crippen LogP contribution in [0, 0.1) is 0 Å². The van der Waals surface area contributed by atoms with Gasteiger partial charge in [-0.15, -0.1) is 0 Å². The molecule has 0 bridgehead atoms. The highest BCUT2D eigenvalue weighted by Crippen LogP contribution is 2.43. The van der Waals surface area contributed by atoms with Crippen molar-refractivity contribution in [2.45, 2.75) is 18.8 Å². The summed E-state index contributed by atoms with van der Waals surface area (Å²) < 4.78 is 43.9. The van der Waals surface area contributed by atoms with Gasteiger partial charge in [0.15, 0.2) is 0 Å². The third-order valence-electron chi connectivity index (χ3n) is 6.25. The molecule has 0 fully saturated rings. The lowest BCUT2D eigenvalue weighted by atomic mass is 9.94. The van der Waals surface area contributed by atoms with E-state index in [4.69, 9.17) is 0 Å². The number of nitrogens with zero attached hydrogens (tertiary/aromatic N) is 2. The molecule has 0 spiro atoms. The van der Waals surface area contributed by atoms with Crippen LogP contribution in [0.1, 0.15) is 16.7 Å². The summed E-state index contributed by atoms with van der Waals surface area (Å²) in [5.41, 5.74) is 0.274. The Morgan fingerprint density at radius 2 is 1.69 bits per heavy atom. The van der Waals surface area contributed by atoms with Crippen LogP contribution in [-0.4, -0.2) is 58.1 Å². The van der Waals surface area contributed by atoms with Gasteiger partial charge in [0.2, 0.25) is 0 Å². The van der Waals surface area contributed by atoms with Crippen molar-refractivity contribution in [1.82, 2.24) is 19.8 Å². The summed E-state index contributed by atoms with van der Waals surface area (Å²) >= 11 is 0. The van der Waals surface area contributed by atoms with Gasteiger partial charge in [-0.25, -0.2) is 0 Å². The van der Waals surface area contributed by atoms with Crippen LogP contribution in [0.15, 0.2) is 54.9 Å². The largest absolute Gasteiger partial charge is 0.417 e. The van der Waals surface area contributed by atoms with E-state index in [0.717, 1.165) is 11.6 Å². The van der Waals surface area contributed by atoms with Crippen molar-refractivity contribution in [3.05, 3.63) is 71.5 Å². The van der Waals surface area contributed by atoms with E-state index in [2.05, 4.69) is 10.3 Å². The molecule has 3 N–H and O–H groups in total. The lowest BCUT2D eigenvalue weighted by molar-refractivity contribution is -0.136. The Bertz CT molecular complexity index is 1550. The van der Waals surface area contributed by atoms with Crippen molar-refractivity contribution >= 4 is 44.8 Å². The molecule has 4 aromatic rings. The number of aliphatic hydroxyl groups is 1. The number of alkyl halides is 3. The number of hydrogen-bond donors (Lipinski definition) is 3. The maximum Gasteiger partial charge on any atom is 0.417 e. The normalized spacial score (nSPS) is 15.5. The van der Waals surface area contributed by atoms with Crippen LogP contribution in [0.4, 0.5) is 13.2 Å². The predicted octanol–water partition coefficient (Wildman–Crippen LogP) is 3.63. The smallest absolute Gasteiger partial charge is 0.390 e. The Morgan fingerprint density at radius 1 is 1.00 bits per heavy atom. The standard InChI is InChI=1S/C26H23F3N4O3/c1-32(2)11-14(34)12-33-13-17(21-18(26(27,28)29)7-5-9-20(21)33)23-22(24(35)31-25(23)36)16-10-30-19-8-4-3-6-15(16)19/h3-10,13-14,30,34H,11-12H2,1-2H3,(H,31,35,36). The predicted molar refractivity (Wildman–Crippen MR) is 130 cm³/mol. The maximum absolute atomic E-state index is 14.1. The molecule has 7 nitrogen and oxygen atoms in total. The number of aromatic nitrogens is 2. The molecule has 0 aliphatic carbocycles. The van der Waals surface area contributed by atoms with E-state index in [1.807, 2.05) is 0 Å². The van der Waals surface area contributed by atoms with Gasteiger partial charge >= 0.3 is 6.18 Å². The first kappa shape index (κ1) is 23.8. The van der Waals surface area contributed by atoms with Crippen molar-refractivity contribution in [1.29, 1.82) is 0 Å². The molecule has 3 heterocycles. The van der Waals surface area contributed by atoms with Gasteiger partial charge in [0.1, 0.15) is 0 Å². The Morgan fingerprint density at radius 3 is 2.39 bits per heavy atom. The molecule has 186 valence electrons. The molecule has 2 aromatic carbocycles. The zero-order valence-electron chi connectivity index (χ0n) is 19.5. The number of imide groups is 1. The zero-order valence-corrected chi connectivity index (χ0v) is 19.5. The number of para-hydroxylation sites is 1. The molecule has 0 radical (unpaired) electrons. The van der Waals surface area contributed by atoms with E-state index in [9.17, 15) is 27.9 Å². The average Bonchev–Trinajstić information content (AvgIpc) is 3.45. The van der Waals surface area contributed by atoms with E-state index in [0.29, 0.717) is 10.9 Å². The van der Waals surface area contributed by atoms with Gasteiger partial charge in [0, 0.05) is 58.4 Å². The van der Waals surface area contributed by atoms with Crippen LogP contribution >= 0.6 is 0 Å². The average molecular weight is 496 g/mol. The third kappa shape index (κ3) is 3.98. The Hall–Kier alpha value is -3.89. The number of fused-ring (bicyclic) bond motifs is 2. The van der Waals surface area contributed by atoms with Crippen molar-refractivity contribution in [3.8, 4) is 0 Å². The van der Waals surface area contributed by atoms with Gasteiger partial charge in [-0.2, -0.15) is 13.2 Å². The lowest BCUT2D eigenvalue weighted by Crippen LogP contribution is -2.29. The number of aromatic amines is 1. The second-order valence-electron chi connectivity index (χ2n) is 9.09. The fourth-order valence-electron chi connectivity index (χ4n) is 4.88. The highest BCUT2D eigenvalue weighted by molar-refractivity contribution is 6.50. The fourth-order valence-corrected chi connectivity index (χ4v) is 4.88. The molecule has 0 saturated carbocycles. The van der Waals surface area contributed by atoms with Crippen molar-refractivity contribution in [3.63, 3.8) is 0 Å². The van der Waals surface area contributed by atoms with E-state index in [1.54, 1.807) is 49.5 Å². The summed E-state index contributed by atoms with van der Waals surface area (Å²) in [6, 6.07) is 10.9. The van der Waals surface area contributed by atoms with Crippen molar-refractivity contribution in [2.75, 3.05) is 20.6 Å². The molecule has 5 rings (SSSR count). The number of amides is 2. The molecule has 1 atom stereocenters. The summed E-state index contributed by atoms with van der Waals surface area (Å²) in [5.74, 6) is -1.46. The topological polar surface area (TPSA) is 90.4 Å². The summed E-state index contributed by atoms with van der Waals surface area (Å²) in [7, 11) is 3.55. The fraction of sp³-hybridized carbons (Fsp3) is 0.231. The van der Waals surface area contributed by atoms with Gasteiger partial charge in [0.25, 0.3) is 11.8 Å². The maximum atomic E-state index is 14.1. The van der Waals surface area contributed by atoms with Crippen LogP contribution < -0.4 is 5.32 Å². The van der Waals surface area contributed by atoms with Crippen molar-refractivity contribution < 1.29 is 27.9 Å². The number of rotatable bonds is 6. The van der Waals surface area contributed by atoms with E-state index < -0.39 is 29.7 Å². The number of halogens is 3. The Labute approximate surface area is 203 Å². The van der Waals surface area contributed by atoms with E-state index >= 15 is 0 Å². The number of likely N-dealkylation sites (N-methyl/N-ethyl adjacent to an activating group) is 1. The number of hydrogen-bond acceptors (Lipinski definition) is 4. The molecule has 0 saturated heterocycles. The molecular weight excluding hydrogens is 473 g/mol. The number of carbonyl (C=O) groups excluding carboxylic acids is 2. The third-order valence-corrected chi connectivity index (χ3v) is 6.25. The number of benzene rings is 2. The highest BCUT2D eigenvalue weighted by Gasteiger charge is 2.39. The van der Waals surface area contributed by atoms with Crippen LogP contribution in [0.2, 0.25) is 0 Å². The lowest BCUT2D eigenvalue weighted by Gasteiger charge is -2.17. The van der Waals surface area contributed by atoms with Gasteiger partial charge in [0.05, 0.1) is 22.8 Å². The van der Waals surface area contributed by atoms with E-state index in [-0.39, 0.29) is 40.7 Å². The summed E-state index contributed by atoms with van der Waals surface area (Å²) in [6.07, 6.45) is -2.59. The molecule has 1 unspecified atom stereocenters. The second kappa shape index (κ2) is 8.65. The Balaban J connectivity index is 1.81. The van der Waals surface area contributed by atoms with Crippen LogP contribution in [0.25, 0.3) is 33.0 Å². The summed E-state index contributed by atoms with van der Waals surface area (Å²) in [4.78, 5) is 30.8. The zero-order chi connectivity index (χ0) is 25.8. The molecule has 2 aromatic heterocycles. The number of aliphatic hydroxyl groups excluding tert-OH is 1. The number of nitrogens with one attached hydrogen (secondary N) is 2. The highest BCUT2D eigenvalue weighted by atomic mass is 19.4. The van der Waals surface area contributed by atoms with Gasteiger partial charge in [-0.1, -0.05) is 24.3 Å². The molecule has 1 aliphatic rings. The molecule has 2 amide bonds. The quantitative estimate of drug-likeness (QED) is 0.356. The van der Waals surface area contributed by atoms with Crippen LogP contribution in [0.5, 0.6) is 0 Å². The summed E-state index contributed by atoms with van der Waals surface area (Å²) in [6.45, 7) is 0.289. The first-order chi connectivity index (χ1) is 17.1. The van der Waals surface area contributed by atoms with Gasteiger partial charge in [-0.3, -0.25) is 14.9 Å². The molecule has 10 heteroatoms. The first-order valence-electron chi connectivity index (χ1n) is 11.2. The summed E-state index contributed by atoms with van der Waals surface area (Å²) in [5, 5.41) is 13.2. The van der Waals surface area contributed by atoms with Crippen molar-refractivity contribution in [2.24, 2.45) is 0 Å². The SMILES string of the molecule is CN(C)CC(O)Cn1cc(C2=C(c3c[nH]c4ccccc34)C(=O)NC2=O)c2c(C(F)(F)F)cccc21. The second-order valence-corrected chi connectivity index (χ2v) is 9.09. The molecular formula is C26H23F3N4O3. The molecule has 1 aliphatic heterocycles. The van der Waals surface area contributed by atoms with Crippen LogP contribution in [-0.2, 0) is 22.3 Å². The number of carbonyl (C=O) groups is 2. The van der Waals surface area contributed by atoms with Gasteiger partial charge < -0.3 is 19.6 Å².